The van der Waals surface area contributed by atoms with Crippen molar-refractivity contribution in [2.75, 3.05) is 5.32 Å². The molecule has 4 rings (SSSR count). The molecule has 0 bridgehead atoms. The Morgan fingerprint density at radius 3 is 2.60 bits per heavy atom. The summed E-state index contributed by atoms with van der Waals surface area (Å²) in [6.45, 7) is 0. The highest BCUT2D eigenvalue weighted by molar-refractivity contribution is 7.98. The lowest BCUT2D eigenvalue weighted by Gasteiger charge is -2.10. The van der Waals surface area contributed by atoms with Crippen molar-refractivity contribution in [1.29, 1.82) is 0 Å². The first kappa shape index (κ1) is 20.2. The maximum absolute atomic E-state index is 12.8. The Hall–Kier alpha value is -3.10. The summed E-state index contributed by atoms with van der Waals surface area (Å²) < 4.78 is 0. The number of carbonyl (C=O) groups excluding carboxylic acids is 1. The third kappa shape index (κ3) is 5.49. The fourth-order valence-electron chi connectivity index (χ4n) is 2.76. The van der Waals surface area contributed by atoms with Crippen molar-refractivity contribution in [3.8, 4) is 0 Å². The number of pyridine rings is 1. The van der Waals surface area contributed by atoms with Gasteiger partial charge < -0.3 is 5.32 Å². The molecule has 0 saturated carbocycles. The van der Waals surface area contributed by atoms with Crippen LogP contribution in [0.3, 0.4) is 0 Å². The Kier molecular flexibility index (Phi) is 6.79. The number of anilines is 1. The lowest BCUT2D eigenvalue weighted by molar-refractivity contribution is 0.102. The lowest BCUT2D eigenvalue weighted by atomic mass is 10.1. The summed E-state index contributed by atoms with van der Waals surface area (Å²) in [4.78, 5) is 22.2. The summed E-state index contributed by atoms with van der Waals surface area (Å²) in [7, 11) is 0. The van der Waals surface area contributed by atoms with E-state index < -0.39 is 0 Å². The van der Waals surface area contributed by atoms with Crippen molar-refractivity contribution < 1.29 is 4.79 Å². The van der Waals surface area contributed by atoms with Crippen molar-refractivity contribution in [3.05, 3.63) is 96.1 Å². The van der Waals surface area contributed by atoms with E-state index in [2.05, 4.69) is 31.5 Å². The van der Waals surface area contributed by atoms with Crippen molar-refractivity contribution in [2.24, 2.45) is 0 Å². The van der Waals surface area contributed by atoms with Crippen molar-refractivity contribution in [2.45, 2.75) is 21.6 Å². The van der Waals surface area contributed by atoms with Crippen LogP contribution in [0, 0.1) is 0 Å². The van der Waals surface area contributed by atoms with Crippen LogP contribution in [-0.4, -0.2) is 26.1 Å². The van der Waals surface area contributed by atoms with Gasteiger partial charge in [-0.2, -0.15) is 5.10 Å². The Morgan fingerprint density at radius 2 is 1.83 bits per heavy atom. The van der Waals surface area contributed by atoms with Crippen molar-refractivity contribution in [3.63, 3.8) is 0 Å². The predicted octanol–water partition coefficient (Wildman–Crippen LogP) is 5.04. The second-order valence-electron chi connectivity index (χ2n) is 6.36. The molecule has 150 valence electrons. The minimum atomic E-state index is -0.125. The minimum absolute atomic E-state index is 0.125. The summed E-state index contributed by atoms with van der Waals surface area (Å²) in [6.07, 6.45) is 5.12. The van der Waals surface area contributed by atoms with Crippen LogP contribution in [0.25, 0.3) is 0 Å². The number of nitrogens with zero attached hydrogens (tertiary/aromatic N) is 3. The van der Waals surface area contributed by atoms with E-state index in [1.807, 2.05) is 60.8 Å². The van der Waals surface area contributed by atoms with Gasteiger partial charge in [0.2, 0.25) is 0 Å². The van der Waals surface area contributed by atoms with E-state index in [9.17, 15) is 4.79 Å². The molecular formula is C22H19N5OS2. The van der Waals surface area contributed by atoms with Gasteiger partial charge in [0.25, 0.3) is 5.91 Å². The topological polar surface area (TPSA) is 83.6 Å². The Bertz CT molecular complexity index is 1090. The molecule has 0 fully saturated rings. The summed E-state index contributed by atoms with van der Waals surface area (Å²) >= 11 is 3.24. The van der Waals surface area contributed by atoms with Gasteiger partial charge >= 0.3 is 0 Å². The average molecular weight is 434 g/mol. The zero-order valence-electron chi connectivity index (χ0n) is 16.0. The molecule has 2 aromatic heterocycles. The summed E-state index contributed by atoms with van der Waals surface area (Å²) in [5.74, 6) is 1.36. The second kappa shape index (κ2) is 10.1. The van der Waals surface area contributed by atoms with Crippen LogP contribution in [0.5, 0.6) is 0 Å². The maximum Gasteiger partial charge on any atom is 0.255 e. The largest absolute Gasteiger partial charge is 0.322 e. The number of carbonyl (C=O) groups is 1. The number of hydrogen-bond donors (Lipinski definition) is 2. The quantitative estimate of drug-likeness (QED) is 0.379. The molecule has 2 heterocycles. The lowest BCUT2D eigenvalue weighted by Crippen LogP contribution is -2.14. The highest BCUT2D eigenvalue weighted by Crippen LogP contribution is 2.25. The first-order valence-corrected chi connectivity index (χ1v) is 11.2. The number of amides is 1. The van der Waals surface area contributed by atoms with E-state index in [1.165, 1.54) is 23.7 Å². The fraction of sp³-hybridized carbons (Fsp3) is 0.0909. The first-order valence-electron chi connectivity index (χ1n) is 9.27. The zero-order valence-corrected chi connectivity index (χ0v) is 17.6. The third-order valence-corrected chi connectivity index (χ3v) is 6.27. The third-order valence-electron chi connectivity index (χ3n) is 4.26. The molecule has 4 aromatic rings. The van der Waals surface area contributed by atoms with E-state index >= 15 is 0 Å². The molecular weight excluding hydrogens is 414 g/mol. The van der Waals surface area contributed by atoms with E-state index in [4.69, 9.17) is 0 Å². The van der Waals surface area contributed by atoms with Crippen LogP contribution in [0.1, 0.15) is 21.5 Å². The van der Waals surface area contributed by atoms with Crippen LogP contribution in [-0.2, 0) is 11.5 Å². The number of nitrogens with one attached hydrogen (secondary N) is 2. The summed E-state index contributed by atoms with van der Waals surface area (Å²) in [5, 5.41) is 10.4. The van der Waals surface area contributed by atoms with Crippen LogP contribution >= 0.6 is 23.5 Å². The van der Waals surface area contributed by atoms with Gasteiger partial charge in [-0.05, 0) is 47.5 Å². The van der Waals surface area contributed by atoms with Gasteiger partial charge in [-0.25, -0.2) is 4.98 Å². The normalized spacial score (nSPS) is 10.7. The summed E-state index contributed by atoms with van der Waals surface area (Å²) in [5.41, 5.74) is 3.54. The number of rotatable bonds is 8. The predicted molar refractivity (Wildman–Crippen MR) is 121 cm³/mol. The Balaban J connectivity index is 1.36. The van der Waals surface area contributed by atoms with Crippen LogP contribution in [0.2, 0.25) is 0 Å². The number of aromatic nitrogens is 4. The molecule has 1 amide bonds. The smallest absolute Gasteiger partial charge is 0.255 e. The van der Waals surface area contributed by atoms with E-state index in [0.717, 1.165) is 27.1 Å². The molecule has 0 saturated heterocycles. The molecule has 30 heavy (non-hydrogen) atoms. The van der Waals surface area contributed by atoms with Crippen molar-refractivity contribution >= 4 is 35.1 Å². The van der Waals surface area contributed by atoms with Gasteiger partial charge in [-0.3, -0.25) is 14.9 Å². The van der Waals surface area contributed by atoms with Crippen LogP contribution in [0.4, 0.5) is 5.69 Å². The highest BCUT2D eigenvalue weighted by atomic mass is 32.2. The van der Waals surface area contributed by atoms with Crippen LogP contribution < -0.4 is 5.32 Å². The molecule has 2 N–H and O–H groups in total. The Morgan fingerprint density at radius 1 is 0.967 bits per heavy atom. The molecule has 0 aliphatic carbocycles. The number of aromatic amines is 1. The maximum atomic E-state index is 12.8. The molecule has 0 radical (unpaired) electrons. The molecule has 0 aliphatic rings. The fourth-order valence-corrected chi connectivity index (χ4v) is 4.38. The average Bonchev–Trinajstić information content (AvgIpc) is 3.32. The molecule has 0 aliphatic heterocycles. The van der Waals surface area contributed by atoms with Gasteiger partial charge in [0.05, 0.1) is 0 Å². The second-order valence-corrected chi connectivity index (χ2v) is 8.38. The molecule has 0 spiro atoms. The Labute approximate surface area is 182 Å². The molecule has 2 aromatic carbocycles. The van der Waals surface area contributed by atoms with E-state index in [0.29, 0.717) is 11.3 Å². The zero-order chi connectivity index (χ0) is 20.6. The number of H-pyrrole nitrogens is 1. The molecule has 0 unspecified atom stereocenters. The van der Waals surface area contributed by atoms with E-state index in [1.54, 1.807) is 18.0 Å². The number of hydrogen-bond acceptors (Lipinski definition) is 6. The number of thioether (sulfide) groups is 2. The molecule has 6 nitrogen and oxygen atoms in total. The van der Waals surface area contributed by atoms with Gasteiger partial charge in [0.15, 0.2) is 5.16 Å². The van der Waals surface area contributed by atoms with Gasteiger partial charge in [0.1, 0.15) is 6.33 Å². The van der Waals surface area contributed by atoms with Crippen LogP contribution in [0.15, 0.2) is 89.4 Å². The highest BCUT2D eigenvalue weighted by Gasteiger charge is 2.12. The van der Waals surface area contributed by atoms with Gasteiger partial charge in [-0.15, -0.1) is 11.8 Å². The van der Waals surface area contributed by atoms with Crippen molar-refractivity contribution in [1.82, 2.24) is 20.2 Å². The minimum Gasteiger partial charge on any atom is -0.322 e. The monoisotopic (exact) mass is 433 g/mol. The van der Waals surface area contributed by atoms with Gasteiger partial charge in [0, 0.05) is 40.0 Å². The summed E-state index contributed by atoms with van der Waals surface area (Å²) in [6, 6.07) is 19.5. The van der Waals surface area contributed by atoms with Gasteiger partial charge in [-0.1, -0.05) is 36.0 Å². The molecule has 0 atom stereocenters. The molecule has 8 heteroatoms. The standard InChI is InChI=1S/C22H19N5OS2/c28-21(20-6-2-1-5-17(20)14-30-22-24-15-25-27-22)26-18-7-9-19(10-8-18)29-13-16-4-3-11-23-12-16/h1-12,15H,13-14H2,(H,26,28)(H,24,25,27). The number of benzene rings is 2. The first-order chi connectivity index (χ1) is 14.8. The SMILES string of the molecule is O=C(Nc1ccc(SCc2cccnc2)cc1)c1ccccc1CSc1ncn[nH]1. The van der Waals surface area contributed by atoms with E-state index in [-0.39, 0.29) is 5.91 Å².